The van der Waals surface area contributed by atoms with Crippen LogP contribution in [0.1, 0.15) is 5.56 Å². The van der Waals surface area contributed by atoms with E-state index in [9.17, 15) is 10.1 Å². The molecule has 1 heterocycles. The maximum atomic E-state index is 11.0. The molecule has 1 aromatic heterocycles. The lowest BCUT2D eigenvalue weighted by Gasteiger charge is -2.08. The van der Waals surface area contributed by atoms with E-state index in [0.29, 0.717) is 5.75 Å². The Balaban J connectivity index is 2.46. The topological polar surface area (TPSA) is 116 Å². The van der Waals surface area contributed by atoms with Gasteiger partial charge in [0.1, 0.15) is 12.1 Å². The van der Waals surface area contributed by atoms with Gasteiger partial charge in [0.25, 0.3) is 0 Å². The molecule has 0 amide bonds. The second-order valence-corrected chi connectivity index (χ2v) is 3.65. The number of nitrogens with two attached hydrogens (primary N) is 1. The summed E-state index contributed by atoms with van der Waals surface area (Å²) in [6.07, 6.45) is 1.13. The number of nitrogen functional groups attached to an aromatic ring is 1. The first-order valence-corrected chi connectivity index (χ1v) is 5.33. The van der Waals surface area contributed by atoms with Crippen LogP contribution in [0.3, 0.4) is 0 Å². The predicted octanol–water partition coefficient (Wildman–Crippen LogP) is 1.77. The number of ether oxygens (including phenoxy) is 1. The van der Waals surface area contributed by atoms with E-state index < -0.39 is 10.6 Å². The average Bonchev–Trinajstić information content (AvgIpc) is 2.40. The number of nitro groups is 1. The van der Waals surface area contributed by atoms with E-state index in [1.807, 2.05) is 19.1 Å². The molecule has 0 bridgehead atoms. The fraction of sp³-hybridized carbons (Fsp3) is 0.0909. The van der Waals surface area contributed by atoms with Crippen LogP contribution in [0, 0.1) is 17.0 Å². The number of hydrogen-bond acceptors (Lipinski definition) is 7. The van der Waals surface area contributed by atoms with Crippen LogP contribution < -0.4 is 16.0 Å². The van der Waals surface area contributed by atoms with E-state index >= 15 is 0 Å². The fourth-order valence-electron chi connectivity index (χ4n) is 1.48. The molecule has 8 heteroatoms. The zero-order valence-electron chi connectivity index (χ0n) is 10.0. The van der Waals surface area contributed by atoms with Gasteiger partial charge in [-0.2, -0.15) is 4.98 Å². The summed E-state index contributed by atoms with van der Waals surface area (Å²) in [6.45, 7) is 1.82. The first-order valence-electron chi connectivity index (χ1n) is 5.33. The summed E-state index contributed by atoms with van der Waals surface area (Å²) in [5, 5.41) is 11.0. The van der Waals surface area contributed by atoms with E-state index in [2.05, 4.69) is 15.4 Å². The number of nitrogens with zero attached hydrogens (tertiary/aromatic N) is 3. The van der Waals surface area contributed by atoms with Crippen LogP contribution in [0.15, 0.2) is 30.6 Å². The Bertz CT molecular complexity index is 617. The first-order chi connectivity index (χ1) is 9.13. The van der Waals surface area contributed by atoms with Crippen LogP contribution in [-0.2, 0) is 0 Å². The minimum atomic E-state index is -0.650. The van der Waals surface area contributed by atoms with Gasteiger partial charge in [-0.15, -0.1) is 0 Å². The highest BCUT2D eigenvalue weighted by Crippen LogP contribution is 2.34. The van der Waals surface area contributed by atoms with Crippen LogP contribution in [0.4, 0.5) is 11.5 Å². The number of anilines is 1. The summed E-state index contributed by atoms with van der Waals surface area (Å²) in [5.74, 6) is 5.39. The van der Waals surface area contributed by atoms with Crippen molar-refractivity contribution in [3.63, 3.8) is 0 Å². The lowest BCUT2D eigenvalue weighted by Crippen LogP contribution is -2.12. The zero-order chi connectivity index (χ0) is 13.8. The molecule has 19 heavy (non-hydrogen) atoms. The maximum Gasteiger partial charge on any atom is 0.374 e. The standard InChI is InChI=1S/C11H11N5O3/c1-7-4-2-3-5-8(7)19-11-9(16(17)18)10(15-12)13-6-14-11/h2-6H,12H2,1H3,(H,13,14,15). The molecule has 3 N–H and O–H groups in total. The molecule has 0 aliphatic heterocycles. The lowest BCUT2D eigenvalue weighted by atomic mass is 10.2. The van der Waals surface area contributed by atoms with Gasteiger partial charge in [0.2, 0.25) is 5.82 Å². The quantitative estimate of drug-likeness (QED) is 0.489. The summed E-state index contributed by atoms with van der Waals surface area (Å²) in [4.78, 5) is 17.8. The van der Waals surface area contributed by atoms with Crippen LogP contribution in [-0.4, -0.2) is 14.9 Å². The Morgan fingerprint density at radius 3 is 2.74 bits per heavy atom. The Hall–Kier alpha value is -2.74. The molecule has 0 spiro atoms. The van der Waals surface area contributed by atoms with Gasteiger partial charge in [-0.05, 0) is 18.6 Å². The lowest BCUT2D eigenvalue weighted by molar-refractivity contribution is -0.385. The average molecular weight is 261 g/mol. The summed E-state index contributed by atoms with van der Waals surface area (Å²) in [6, 6.07) is 7.11. The summed E-state index contributed by atoms with van der Waals surface area (Å²) in [5.41, 5.74) is 2.57. The van der Waals surface area contributed by atoms with Gasteiger partial charge >= 0.3 is 11.6 Å². The number of hydrogen-bond donors (Lipinski definition) is 2. The molecule has 0 unspecified atom stereocenters. The molecule has 0 fully saturated rings. The van der Waals surface area contributed by atoms with E-state index in [-0.39, 0.29) is 11.7 Å². The number of benzene rings is 1. The van der Waals surface area contributed by atoms with Gasteiger partial charge < -0.3 is 10.2 Å². The Morgan fingerprint density at radius 1 is 1.37 bits per heavy atom. The molecule has 2 aromatic rings. The van der Waals surface area contributed by atoms with Crippen molar-refractivity contribution in [3.05, 3.63) is 46.3 Å². The molecule has 1 aromatic carbocycles. The Kier molecular flexibility index (Phi) is 3.53. The Labute approximate surface area is 108 Å². The molecular weight excluding hydrogens is 250 g/mol. The molecule has 0 saturated heterocycles. The minimum absolute atomic E-state index is 0.108. The SMILES string of the molecule is Cc1ccccc1Oc1ncnc(NN)c1[N+](=O)[O-]. The summed E-state index contributed by atoms with van der Waals surface area (Å²) in [7, 11) is 0. The highest BCUT2D eigenvalue weighted by molar-refractivity contribution is 5.61. The number of nitrogens with one attached hydrogen (secondary N) is 1. The summed E-state index contributed by atoms with van der Waals surface area (Å²) >= 11 is 0. The van der Waals surface area contributed by atoms with E-state index in [0.717, 1.165) is 11.9 Å². The first kappa shape index (κ1) is 12.7. The second kappa shape index (κ2) is 5.27. The van der Waals surface area contributed by atoms with Crippen LogP contribution in [0.5, 0.6) is 11.6 Å². The molecule has 2 rings (SSSR count). The molecule has 0 aliphatic rings. The second-order valence-electron chi connectivity index (χ2n) is 3.65. The highest BCUT2D eigenvalue weighted by Gasteiger charge is 2.24. The van der Waals surface area contributed by atoms with E-state index in [4.69, 9.17) is 10.6 Å². The number of aromatic nitrogens is 2. The van der Waals surface area contributed by atoms with Crippen molar-refractivity contribution in [1.82, 2.24) is 9.97 Å². The number of rotatable bonds is 4. The zero-order valence-corrected chi connectivity index (χ0v) is 10.0. The molecule has 98 valence electrons. The number of aryl methyl sites for hydroxylation is 1. The Morgan fingerprint density at radius 2 is 2.11 bits per heavy atom. The fourth-order valence-corrected chi connectivity index (χ4v) is 1.48. The van der Waals surface area contributed by atoms with Crippen LogP contribution >= 0.6 is 0 Å². The van der Waals surface area contributed by atoms with Gasteiger partial charge in [-0.1, -0.05) is 18.2 Å². The van der Waals surface area contributed by atoms with Crippen LogP contribution in [0.2, 0.25) is 0 Å². The van der Waals surface area contributed by atoms with Gasteiger partial charge in [0.15, 0.2) is 0 Å². The maximum absolute atomic E-state index is 11.0. The summed E-state index contributed by atoms with van der Waals surface area (Å²) < 4.78 is 5.46. The van der Waals surface area contributed by atoms with Crippen molar-refractivity contribution < 1.29 is 9.66 Å². The van der Waals surface area contributed by atoms with Crippen molar-refractivity contribution >= 4 is 11.5 Å². The van der Waals surface area contributed by atoms with Crippen molar-refractivity contribution in [2.24, 2.45) is 5.84 Å². The van der Waals surface area contributed by atoms with Gasteiger partial charge in [0, 0.05) is 0 Å². The third-order valence-corrected chi connectivity index (χ3v) is 2.41. The van der Waals surface area contributed by atoms with Crippen molar-refractivity contribution in [2.45, 2.75) is 6.92 Å². The predicted molar refractivity (Wildman–Crippen MR) is 67.7 cm³/mol. The minimum Gasteiger partial charge on any atom is -0.433 e. The van der Waals surface area contributed by atoms with Gasteiger partial charge in [-0.25, -0.2) is 10.8 Å². The van der Waals surface area contributed by atoms with Gasteiger partial charge in [-0.3, -0.25) is 10.1 Å². The molecular formula is C11H11N5O3. The molecule has 0 radical (unpaired) electrons. The normalized spacial score (nSPS) is 10.0. The van der Waals surface area contributed by atoms with E-state index in [1.165, 1.54) is 0 Å². The highest BCUT2D eigenvalue weighted by atomic mass is 16.6. The van der Waals surface area contributed by atoms with E-state index in [1.54, 1.807) is 12.1 Å². The third kappa shape index (κ3) is 2.58. The number of para-hydroxylation sites is 1. The van der Waals surface area contributed by atoms with Crippen molar-refractivity contribution in [1.29, 1.82) is 0 Å². The molecule has 0 aliphatic carbocycles. The van der Waals surface area contributed by atoms with Crippen LogP contribution in [0.25, 0.3) is 0 Å². The molecule has 8 nitrogen and oxygen atoms in total. The molecule has 0 saturated carbocycles. The number of hydrazine groups is 1. The monoisotopic (exact) mass is 261 g/mol. The smallest absolute Gasteiger partial charge is 0.374 e. The van der Waals surface area contributed by atoms with Gasteiger partial charge in [0.05, 0.1) is 4.92 Å². The van der Waals surface area contributed by atoms with Crippen molar-refractivity contribution in [3.8, 4) is 11.6 Å². The molecule has 0 atom stereocenters. The van der Waals surface area contributed by atoms with Crippen molar-refractivity contribution in [2.75, 3.05) is 5.43 Å². The largest absolute Gasteiger partial charge is 0.433 e. The third-order valence-electron chi connectivity index (χ3n) is 2.41.